The Kier molecular flexibility index (Phi) is 10.3. The van der Waals surface area contributed by atoms with E-state index in [0.29, 0.717) is 17.5 Å². The maximum atomic E-state index is 6.10. The standard InChI is InChI=1S/C20H30ClN5O.HI/c1-14(2)19-16(13-26(5)24-19)12-25(4)20(22-3)23-11-18(27-6)15-8-7-9-17(21)10-15;/h7-10,13-14,18H,11-12H2,1-6H3,(H,22,23);1H. The summed E-state index contributed by atoms with van der Waals surface area (Å²) in [6.45, 7) is 5.65. The number of rotatable bonds is 7. The highest BCUT2D eigenvalue weighted by atomic mass is 127. The van der Waals surface area contributed by atoms with Gasteiger partial charge in [-0.2, -0.15) is 5.10 Å². The quantitative estimate of drug-likeness (QED) is 0.338. The second kappa shape index (κ2) is 11.6. The smallest absolute Gasteiger partial charge is 0.193 e. The molecule has 1 aromatic carbocycles. The SMILES string of the molecule is CN=C(NCC(OC)c1cccc(Cl)c1)N(C)Cc1cn(C)nc1C(C)C.I. The van der Waals surface area contributed by atoms with E-state index >= 15 is 0 Å². The van der Waals surface area contributed by atoms with E-state index in [-0.39, 0.29) is 30.1 Å². The van der Waals surface area contributed by atoms with Crippen molar-refractivity contribution in [3.63, 3.8) is 0 Å². The lowest BCUT2D eigenvalue weighted by atomic mass is 10.1. The lowest BCUT2D eigenvalue weighted by Gasteiger charge is -2.24. The minimum absolute atomic E-state index is 0. The average molecular weight is 520 g/mol. The molecule has 0 saturated carbocycles. The first-order valence-corrected chi connectivity index (χ1v) is 9.46. The highest BCUT2D eigenvalue weighted by Gasteiger charge is 2.17. The Hall–Kier alpha value is -1.32. The number of halogens is 2. The van der Waals surface area contributed by atoms with Gasteiger partial charge in [0.1, 0.15) is 0 Å². The predicted molar refractivity (Wildman–Crippen MR) is 127 cm³/mol. The predicted octanol–water partition coefficient (Wildman–Crippen LogP) is 4.21. The Morgan fingerprint density at radius 1 is 1.39 bits per heavy atom. The molecule has 0 aliphatic carbocycles. The molecule has 28 heavy (non-hydrogen) atoms. The van der Waals surface area contributed by atoms with Gasteiger partial charge in [0, 0.05) is 58.1 Å². The van der Waals surface area contributed by atoms with E-state index in [1.165, 1.54) is 5.56 Å². The molecular formula is C20H31ClIN5O. The summed E-state index contributed by atoms with van der Waals surface area (Å²) in [5.41, 5.74) is 3.36. The molecule has 2 aromatic rings. The number of aromatic nitrogens is 2. The first kappa shape index (κ1) is 24.7. The lowest BCUT2D eigenvalue weighted by molar-refractivity contribution is 0.106. The van der Waals surface area contributed by atoms with Crippen molar-refractivity contribution in [3.05, 3.63) is 52.3 Å². The molecule has 0 spiro atoms. The Bertz CT molecular complexity index is 778. The molecule has 0 saturated heterocycles. The lowest BCUT2D eigenvalue weighted by Crippen LogP contribution is -2.40. The molecule has 0 aliphatic rings. The number of methoxy groups -OCH3 is 1. The fourth-order valence-electron chi connectivity index (χ4n) is 3.11. The minimum atomic E-state index is -0.113. The van der Waals surface area contributed by atoms with E-state index in [2.05, 4.69) is 40.4 Å². The van der Waals surface area contributed by atoms with Crippen molar-refractivity contribution in [1.29, 1.82) is 0 Å². The molecule has 1 atom stereocenters. The Morgan fingerprint density at radius 3 is 2.68 bits per heavy atom. The van der Waals surface area contributed by atoms with Gasteiger partial charge in [0.15, 0.2) is 5.96 Å². The number of aliphatic imine (C=N–C) groups is 1. The highest BCUT2D eigenvalue weighted by molar-refractivity contribution is 14.0. The van der Waals surface area contributed by atoms with Crippen LogP contribution < -0.4 is 5.32 Å². The number of nitrogens with one attached hydrogen (secondary N) is 1. The summed E-state index contributed by atoms with van der Waals surface area (Å²) in [6, 6.07) is 7.73. The fraction of sp³-hybridized carbons (Fsp3) is 0.500. The zero-order valence-electron chi connectivity index (χ0n) is 17.4. The number of ether oxygens (including phenoxy) is 1. The summed E-state index contributed by atoms with van der Waals surface area (Å²) in [5.74, 6) is 1.18. The van der Waals surface area contributed by atoms with Crippen LogP contribution in [-0.2, 0) is 18.3 Å². The van der Waals surface area contributed by atoms with Crippen LogP contribution >= 0.6 is 35.6 Å². The van der Waals surface area contributed by atoms with Gasteiger partial charge in [-0.1, -0.05) is 37.6 Å². The van der Waals surface area contributed by atoms with E-state index < -0.39 is 0 Å². The van der Waals surface area contributed by atoms with Crippen LogP contribution in [0.15, 0.2) is 35.5 Å². The zero-order chi connectivity index (χ0) is 20.0. The van der Waals surface area contributed by atoms with Crippen LogP contribution in [0.4, 0.5) is 0 Å². The van der Waals surface area contributed by atoms with Gasteiger partial charge in [0.25, 0.3) is 0 Å². The van der Waals surface area contributed by atoms with Crippen LogP contribution in [-0.4, -0.2) is 48.4 Å². The largest absolute Gasteiger partial charge is 0.375 e. The summed E-state index contributed by atoms with van der Waals surface area (Å²) in [4.78, 5) is 6.50. The van der Waals surface area contributed by atoms with E-state index in [1.54, 1.807) is 14.2 Å². The van der Waals surface area contributed by atoms with E-state index in [1.807, 2.05) is 43.0 Å². The normalized spacial score (nSPS) is 12.6. The van der Waals surface area contributed by atoms with Crippen LogP contribution in [0.1, 0.15) is 42.7 Å². The zero-order valence-corrected chi connectivity index (χ0v) is 20.5. The van der Waals surface area contributed by atoms with Gasteiger partial charge in [-0.25, -0.2) is 0 Å². The van der Waals surface area contributed by atoms with Crippen molar-refractivity contribution in [2.24, 2.45) is 12.0 Å². The second-order valence-electron chi connectivity index (χ2n) is 6.93. The van der Waals surface area contributed by atoms with Crippen molar-refractivity contribution in [2.75, 3.05) is 27.7 Å². The molecule has 0 aliphatic heterocycles. The summed E-state index contributed by atoms with van der Waals surface area (Å²) in [6.07, 6.45) is 1.96. The molecule has 0 amide bonds. The van der Waals surface area contributed by atoms with E-state index in [4.69, 9.17) is 16.3 Å². The van der Waals surface area contributed by atoms with Gasteiger partial charge in [-0.15, -0.1) is 24.0 Å². The van der Waals surface area contributed by atoms with Crippen LogP contribution in [0.3, 0.4) is 0 Å². The van der Waals surface area contributed by atoms with E-state index in [0.717, 1.165) is 23.8 Å². The van der Waals surface area contributed by atoms with Gasteiger partial charge in [0.2, 0.25) is 0 Å². The molecule has 0 radical (unpaired) electrons. The Labute approximate surface area is 190 Å². The van der Waals surface area contributed by atoms with Crippen LogP contribution in [0.5, 0.6) is 0 Å². The summed E-state index contributed by atoms with van der Waals surface area (Å²) in [5, 5.41) is 8.68. The second-order valence-corrected chi connectivity index (χ2v) is 7.37. The molecule has 8 heteroatoms. The van der Waals surface area contributed by atoms with Gasteiger partial charge < -0.3 is 15.0 Å². The molecule has 1 heterocycles. The minimum Gasteiger partial charge on any atom is -0.375 e. The van der Waals surface area contributed by atoms with Crippen molar-refractivity contribution in [3.8, 4) is 0 Å². The van der Waals surface area contributed by atoms with Gasteiger partial charge >= 0.3 is 0 Å². The van der Waals surface area contributed by atoms with Crippen molar-refractivity contribution in [2.45, 2.75) is 32.4 Å². The highest BCUT2D eigenvalue weighted by Crippen LogP contribution is 2.21. The third kappa shape index (κ3) is 6.63. The van der Waals surface area contributed by atoms with Crippen LogP contribution in [0, 0.1) is 0 Å². The number of hydrogen-bond donors (Lipinski definition) is 1. The Balaban J connectivity index is 0.00000392. The molecule has 156 valence electrons. The molecule has 1 N–H and O–H groups in total. The average Bonchev–Trinajstić information content (AvgIpc) is 2.99. The number of hydrogen-bond acceptors (Lipinski definition) is 3. The van der Waals surface area contributed by atoms with Crippen LogP contribution in [0.2, 0.25) is 5.02 Å². The van der Waals surface area contributed by atoms with Gasteiger partial charge in [0.05, 0.1) is 11.8 Å². The summed E-state index contributed by atoms with van der Waals surface area (Å²) in [7, 11) is 7.46. The molecule has 1 aromatic heterocycles. The third-order valence-corrected chi connectivity index (χ3v) is 4.65. The molecule has 6 nitrogen and oxygen atoms in total. The topological polar surface area (TPSA) is 54.7 Å². The molecule has 0 bridgehead atoms. The first-order chi connectivity index (χ1) is 12.8. The Morgan fingerprint density at radius 2 is 2.11 bits per heavy atom. The third-order valence-electron chi connectivity index (χ3n) is 4.42. The van der Waals surface area contributed by atoms with Gasteiger partial charge in [-0.05, 0) is 23.6 Å². The molecule has 1 unspecified atom stereocenters. The number of aryl methyl sites for hydroxylation is 1. The summed E-state index contributed by atoms with van der Waals surface area (Å²) >= 11 is 6.10. The van der Waals surface area contributed by atoms with Crippen LogP contribution in [0.25, 0.3) is 0 Å². The number of benzene rings is 1. The first-order valence-electron chi connectivity index (χ1n) is 9.08. The van der Waals surface area contributed by atoms with Crippen molar-refractivity contribution < 1.29 is 4.74 Å². The maximum absolute atomic E-state index is 6.10. The monoisotopic (exact) mass is 519 g/mol. The number of nitrogens with zero attached hydrogens (tertiary/aromatic N) is 4. The maximum Gasteiger partial charge on any atom is 0.193 e. The van der Waals surface area contributed by atoms with Gasteiger partial charge in [-0.3, -0.25) is 9.67 Å². The molecular weight excluding hydrogens is 489 g/mol. The fourth-order valence-corrected chi connectivity index (χ4v) is 3.30. The van der Waals surface area contributed by atoms with Crippen molar-refractivity contribution >= 4 is 41.5 Å². The van der Waals surface area contributed by atoms with E-state index in [9.17, 15) is 0 Å². The number of guanidine groups is 1. The van der Waals surface area contributed by atoms with Crippen molar-refractivity contribution in [1.82, 2.24) is 20.0 Å². The molecule has 0 fully saturated rings. The molecule has 2 rings (SSSR count). The summed E-state index contributed by atoms with van der Waals surface area (Å²) < 4.78 is 7.50.